The Labute approximate surface area is 108 Å². The molecule has 3 atom stereocenters. The van der Waals surface area contributed by atoms with Gasteiger partial charge >= 0.3 is 0 Å². The Morgan fingerprint density at radius 2 is 2.12 bits per heavy atom. The van der Waals surface area contributed by atoms with Crippen molar-refractivity contribution in [3.05, 3.63) is 0 Å². The molecule has 1 amide bonds. The van der Waals surface area contributed by atoms with Gasteiger partial charge in [0.2, 0.25) is 5.91 Å². The summed E-state index contributed by atoms with van der Waals surface area (Å²) in [5.41, 5.74) is -0.0454. The molecule has 3 aliphatic carbocycles. The zero-order valence-corrected chi connectivity index (χ0v) is 11.1. The van der Waals surface area contributed by atoms with E-state index in [0.717, 1.165) is 31.1 Å². The van der Waals surface area contributed by atoms with E-state index < -0.39 is 0 Å². The van der Waals surface area contributed by atoms with Crippen LogP contribution >= 0.6 is 11.6 Å². The third-order valence-corrected chi connectivity index (χ3v) is 5.81. The van der Waals surface area contributed by atoms with Crippen molar-refractivity contribution >= 4 is 17.5 Å². The minimum atomic E-state index is -0.0454. The molecule has 0 aliphatic heterocycles. The second kappa shape index (κ2) is 4.46. The van der Waals surface area contributed by atoms with Gasteiger partial charge in [0.05, 0.1) is 5.54 Å². The van der Waals surface area contributed by atoms with Crippen molar-refractivity contribution in [2.24, 2.45) is 17.8 Å². The zero-order valence-electron chi connectivity index (χ0n) is 10.4. The number of alkyl halides is 1. The van der Waals surface area contributed by atoms with Crippen LogP contribution in [0.3, 0.4) is 0 Å². The number of carbonyl (C=O) groups is 1. The van der Waals surface area contributed by atoms with E-state index in [1.54, 1.807) is 0 Å². The number of hydrogen-bond donors (Lipinski definition) is 1. The first kappa shape index (κ1) is 11.8. The molecule has 0 aromatic heterocycles. The smallest absolute Gasteiger partial charge is 0.220 e. The Morgan fingerprint density at radius 1 is 1.29 bits per heavy atom. The van der Waals surface area contributed by atoms with E-state index in [1.807, 2.05) is 0 Å². The Kier molecular flexibility index (Phi) is 3.10. The molecule has 0 radical (unpaired) electrons. The van der Waals surface area contributed by atoms with Gasteiger partial charge in [0, 0.05) is 12.3 Å². The molecule has 1 N–H and O–H groups in total. The van der Waals surface area contributed by atoms with Gasteiger partial charge in [0.15, 0.2) is 0 Å². The quantitative estimate of drug-likeness (QED) is 0.769. The summed E-state index contributed by atoms with van der Waals surface area (Å²) in [5, 5.41) is 3.20. The fourth-order valence-electron chi connectivity index (χ4n) is 4.11. The molecule has 2 bridgehead atoms. The van der Waals surface area contributed by atoms with Gasteiger partial charge in [-0.05, 0) is 56.3 Å². The third-order valence-electron chi connectivity index (χ3n) is 5.30. The first-order valence-electron chi connectivity index (χ1n) is 7.08. The lowest BCUT2D eigenvalue weighted by atomic mass is 9.78. The fourth-order valence-corrected chi connectivity index (χ4v) is 4.44. The predicted molar refractivity (Wildman–Crippen MR) is 69.0 cm³/mol. The molecular weight excluding hydrogens is 234 g/mol. The van der Waals surface area contributed by atoms with Crippen molar-refractivity contribution in [2.45, 2.75) is 56.9 Å². The summed E-state index contributed by atoms with van der Waals surface area (Å²) in [6.07, 6.45) is 9.56. The predicted octanol–water partition coefficient (Wildman–Crippen LogP) is 3.09. The number of rotatable bonds is 4. The number of hydrogen-bond acceptors (Lipinski definition) is 1. The van der Waals surface area contributed by atoms with Gasteiger partial charge in [0.1, 0.15) is 0 Å². The summed E-state index contributed by atoms with van der Waals surface area (Å²) in [5.74, 6) is 3.28. The molecule has 3 rings (SSSR count). The minimum absolute atomic E-state index is 0.0454. The molecule has 0 spiro atoms. The van der Waals surface area contributed by atoms with E-state index in [2.05, 4.69) is 5.32 Å². The summed E-state index contributed by atoms with van der Waals surface area (Å²) in [6, 6.07) is 0. The second-order valence-electron chi connectivity index (χ2n) is 6.45. The van der Waals surface area contributed by atoms with Crippen LogP contribution in [0, 0.1) is 17.8 Å². The highest BCUT2D eigenvalue weighted by molar-refractivity contribution is 6.18. The molecule has 3 aliphatic rings. The van der Waals surface area contributed by atoms with E-state index in [0.29, 0.717) is 11.8 Å². The first-order chi connectivity index (χ1) is 8.21. The highest BCUT2D eigenvalue weighted by atomic mass is 35.5. The Balaban J connectivity index is 1.50. The van der Waals surface area contributed by atoms with Crippen LogP contribution in [0.1, 0.15) is 51.4 Å². The average Bonchev–Trinajstić information content (AvgIpc) is 2.85. The van der Waals surface area contributed by atoms with E-state index in [-0.39, 0.29) is 11.4 Å². The standard InChI is InChI=1S/C14H22ClNO/c15-9-14(4-1-5-14)16-13(17)8-12-7-10-2-3-11(12)6-10/h10-12H,1-9H2,(H,16,17). The zero-order chi connectivity index (χ0) is 11.9. The topological polar surface area (TPSA) is 29.1 Å². The normalized spacial score (nSPS) is 37.8. The summed E-state index contributed by atoms with van der Waals surface area (Å²) in [4.78, 5) is 12.1. The maximum atomic E-state index is 12.1. The van der Waals surface area contributed by atoms with E-state index in [4.69, 9.17) is 11.6 Å². The van der Waals surface area contributed by atoms with Gasteiger partial charge in [-0.1, -0.05) is 6.42 Å². The van der Waals surface area contributed by atoms with Crippen LogP contribution in [-0.2, 0) is 4.79 Å². The number of carbonyl (C=O) groups excluding carboxylic acids is 1. The average molecular weight is 256 g/mol. The SMILES string of the molecule is O=C(CC1CC2CCC1C2)NC1(CCl)CCC1. The first-order valence-corrected chi connectivity index (χ1v) is 7.61. The van der Waals surface area contributed by atoms with Crippen LogP contribution in [0.25, 0.3) is 0 Å². The Bertz CT molecular complexity index is 308. The third kappa shape index (κ3) is 2.21. The van der Waals surface area contributed by atoms with Gasteiger partial charge in [-0.15, -0.1) is 11.6 Å². The van der Waals surface area contributed by atoms with E-state index >= 15 is 0 Å². The van der Waals surface area contributed by atoms with Crippen molar-refractivity contribution in [3.8, 4) is 0 Å². The number of nitrogens with one attached hydrogen (secondary N) is 1. The molecule has 3 saturated carbocycles. The lowest BCUT2D eigenvalue weighted by molar-refractivity contribution is -0.125. The van der Waals surface area contributed by atoms with Crippen LogP contribution < -0.4 is 5.32 Å². The maximum Gasteiger partial charge on any atom is 0.220 e. The molecule has 2 nitrogen and oxygen atoms in total. The van der Waals surface area contributed by atoms with Gasteiger partial charge < -0.3 is 5.32 Å². The van der Waals surface area contributed by atoms with Crippen molar-refractivity contribution in [1.82, 2.24) is 5.32 Å². The number of halogens is 1. The second-order valence-corrected chi connectivity index (χ2v) is 6.72. The Hall–Kier alpha value is -0.240. The van der Waals surface area contributed by atoms with Crippen LogP contribution in [-0.4, -0.2) is 17.3 Å². The molecule has 3 unspecified atom stereocenters. The summed E-state index contributed by atoms with van der Waals surface area (Å²) in [6.45, 7) is 0. The van der Waals surface area contributed by atoms with E-state index in [1.165, 1.54) is 32.1 Å². The lowest BCUT2D eigenvalue weighted by Crippen LogP contribution is -2.55. The molecule has 0 aromatic carbocycles. The van der Waals surface area contributed by atoms with Crippen molar-refractivity contribution in [1.29, 1.82) is 0 Å². The molecule has 96 valence electrons. The van der Waals surface area contributed by atoms with Crippen molar-refractivity contribution in [2.75, 3.05) is 5.88 Å². The van der Waals surface area contributed by atoms with Crippen LogP contribution in [0.15, 0.2) is 0 Å². The summed E-state index contributed by atoms with van der Waals surface area (Å²) >= 11 is 5.97. The lowest BCUT2D eigenvalue weighted by Gasteiger charge is -2.41. The van der Waals surface area contributed by atoms with Gasteiger partial charge in [0.25, 0.3) is 0 Å². The van der Waals surface area contributed by atoms with Gasteiger partial charge in [-0.25, -0.2) is 0 Å². The van der Waals surface area contributed by atoms with E-state index in [9.17, 15) is 4.79 Å². The summed E-state index contributed by atoms with van der Waals surface area (Å²) < 4.78 is 0. The Morgan fingerprint density at radius 3 is 2.59 bits per heavy atom. The van der Waals surface area contributed by atoms with Crippen molar-refractivity contribution < 1.29 is 4.79 Å². The molecular formula is C14H22ClNO. The highest BCUT2D eigenvalue weighted by Gasteiger charge is 2.42. The molecule has 0 saturated heterocycles. The van der Waals surface area contributed by atoms with Crippen LogP contribution in [0.4, 0.5) is 0 Å². The fraction of sp³-hybridized carbons (Fsp3) is 0.929. The molecule has 3 heteroatoms. The summed E-state index contributed by atoms with van der Waals surface area (Å²) in [7, 11) is 0. The number of fused-ring (bicyclic) bond motifs is 2. The van der Waals surface area contributed by atoms with Crippen LogP contribution in [0.2, 0.25) is 0 Å². The van der Waals surface area contributed by atoms with Gasteiger partial charge in [-0.2, -0.15) is 0 Å². The largest absolute Gasteiger partial charge is 0.349 e. The molecule has 0 aromatic rings. The maximum absolute atomic E-state index is 12.1. The number of amides is 1. The monoisotopic (exact) mass is 255 g/mol. The van der Waals surface area contributed by atoms with Crippen LogP contribution in [0.5, 0.6) is 0 Å². The van der Waals surface area contributed by atoms with Gasteiger partial charge in [-0.3, -0.25) is 4.79 Å². The molecule has 17 heavy (non-hydrogen) atoms. The molecule has 0 heterocycles. The minimum Gasteiger partial charge on any atom is -0.349 e. The van der Waals surface area contributed by atoms with Crippen molar-refractivity contribution in [3.63, 3.8) is 0 Å². The molecule has 3 fully saturated rings. The highest BCUT2D eigenvalue weighted by Crippen LogP contribution is 2.49.